The van der Waals surface area contributed by atoms with Crippen molar-refractivity contribution in [2.45, 2.75) is 32.6 Å². The summed E-state index contributed by atoms with van der Waals surface area (Å²) in [6, 6.07) is 13.7. The van der Waals surface area contributed by atoms with Gasteiger partial charge in [-0.15, -0.1) is 0 Å². The lowest BCUT2D eigenvalue weighted by molar-refractivity contribution is -0.142. The standard InChI is InChI=1S/C22H27N3O2/c1-17-7-9-18(10-8-17)22(2,3)21(27)25-14-12-24(13-15-25)20(26)16-19-6-4-5-11-23-19/h4-11H,12-16H2,1-3H3. The average Bonchev–Trinajstić information content (AvgIpc) is 2.68. The molecule has 1 fully saturated rings. The Kier molecular flexibility index (Phi) is 5.59. The van der Waals surface area contributed by atoms with Crippen molar-refractivity contribution in [3.05, 3.63) is 65.5 Å². The summed E-state index contributed by atoms with van der Waals surface area (Å²) in [5, 5.41) is 0. The largest absolute Gasteiger partial charge is 0.339 e. The molecule has 1 aliphatic heterocycles. The van der Waals surface area contributed by atoms with Gasteiger partial charge in [0.25, 0.3) is 0 Å². The molecule has 1 aliphatic rings. The fourth-order valence-corrected chi connectivity index (χ4v) is 3.42. The summed E-state index contributed by atoms with van der Waals surface area (Å²) in [6.07, 6.45) is 2.01. The maximum atomic E-state index is 13.1. The van der Waals surface area contributed by atoms with Crippen molar-refractivity contribution in [2.75, 3.05) is 26.2 Å². The van der Waals surface area contributed by atoms with E-state index in [1.54, 1.807) is 6.20 Å². The number of amides is 2. The lowest BCUT2D eigenvalue weighted by Crippen LogP contribution is -2.54. The van der Waals surface area contributed by atoms with E-state index in [0.29, 0.717) is 32.6 Å². The van der Waals surface area contributed by atoms with E-state index in [4.69, 9.17) is 0 Å². The van der Waals surface area contributed by atoms with Crippen molar-refractivity contribution in [3.8, 4) is 0 Å². The van der Waals surface area contributed by atoms with Crippen LogP contribution in [0.25, 0.3) is 0 Å². The Morgan fingerprint density at radius 2 is 1.59 bits per heavy atom. The molecule has 5 heteroatoms. The van der Waals surface area contributed by atoms with Gasteiger partial charge in [0, 0.05) is 38.1 Å². The fourth-order valence-electron chi connectivity index (χ4n) is 3.42. The average molecular weight is 365 g/mol. The minimum atomic E-state index is -0.576. The van der Waals surface area contributed by atoms with E-state index >= 15 is 0 Å². The molecule has 0 atom stereocenters. The first-order valence-electron chi connectivity index (χ1n) is 9.42. The number of pyridine rings is 1. The second-order valence-corrected chi connectivity index (χ2v) is 7.66. The number of aromatic nitrogens is 1. The first-order chi connectivity index (χ1) is 12.9. The number of aryl methyl sites for hydroxylation is 1. The van der Waals surface area contributed by atoms with E-state index in [2.05, 4.69) is 4.98 Å². The summed E-state index contributed by atoms with van der Waals surface area (Å²) >= 11 is 0. The fraction of sp³-hybridized carbons (Fsp3) is 0.409. The van der Waals surface area contributed by atoms with Crippen LogP contribution >= 0.6 is 0 Å². The van der Waals surface area contributed by atoms with Crippen LogP contribution in [0.15, 0.2) is 48.7 Å². The highest BCUT2D eigenvalue weighted by atomic mass is 16.2. The van der Waals surface area contributed by atoms with Crippen molar-refractivity contribution >= 4 is 11.8 Å². The number of rotatable bonds is 4. The summed E-state index contributed by atoms with van der Waals surface area (Å²) in [7, 11) is 0. The number of hydrogen-bond acceptors (Lipinski definition) is 3. The van der Waals surface area contributed by atoms with Crippen LogP contribution in [0, 0.1) is 6.92 Å². The van der Waals surface area contributed by atoms with E-state index in [1.807, 2.05) is 73.0 Å². The summed E-state index contributed by atoms with van der Waals surface area (Å²) in [4.78, 5) is 33.5. The Morgan fingerprint density at radius 3 is 2.19 bits per heavy atom. The summed E-state index contributed by atoms with van der Waals surface area (Å²) < 4.78 is 0. The minimum absolute atomic E-state index is 0.0681. The van der Waals surface area contributed by atoms with Crippen LogP contribution < -0.4 is 0 Å². The maximum absolute atomic E-state index is 13.1. The van der Waals surface area contributed by atoms with Crippen LogP contribution in [0.4, 0.5) is 0 Å². The molecule has 0 spiro atoms. The molecule has 1 aromatic carbocycles. The molecule has 0 bridgehead atoms. The molecule has 2 aromatic rings. The van der Waals surface area contributed by atoms with Gasteiger partial charge in [0.2, 0.25) is 11.8 Å². The van der Waals surface area contributed by atoms with E-state index in [0.717, 1.165) is 11.3 Å². The highest BCUT2D eigenvalue weighted by Crippen LogP contribution is 2.26. The molecular formula is C22H27N3O2. The molecule has 0 radical (unpaired) electrons. The topological polar surface area (TPSA) is 53.5 Å². The Bertz CT molecular complexity index is 792. The molecule has 1 saturated heterocycles. The molecule has 0 N–H and O–H groups in total. The Balaban J connectivity index is 1.58. The van der Waals surface area contributed by atoms with Gasteiger partial charge >= 0.3 is 0 Å². The van der Waals surface area contributed by atoms with Gasteiger partial charge in [-0.2, -0.15) is 0 Å². The smallest absolute Gasteiger partial charge is 0.232 e. The second-order valence-electron chi connectivity index (χ2n) is 7.66. The molecule has 2 amide bonds. The van der Waals surface area contributed by atoms with Gasteiger partial charge in [-0.3, -0.25) is 14.6 Å². The van der Waals surface area contributed by atoms with Crippen LogP contribution in [0.2, 0.25) is 0 Å². The predicted octanol–water partition coefficient (Wildman–Crippen LogP) is 2.58. The minimum Gasteiger partial charge on any atom is -0.339 e. The number of benzene rings is 1. The van der Waals surface area contributed by atoms with Gasteiger partial charge in [0.1, 0.15) is 0 Å². The SMILES string of the molecule is Cc1ccc(C(C)(C)C(=O)N2CCN(C(=O)Cc3ccccn3)CC2)cc1. The van der Waals surface area contributed by atoms with Gasteiger partial charge in [0.15, 0.2) is 0 Å². The summed E-state index contributed by atoms with van der Waals surface area (Å²) in [6.45, 7) is 8.27. The normalized spacial score (nSPS) is 14.9. The molecule has 2 heterocycles. The van der Waals surface area contributed by atoms with E-state index in [9.17, 15) is 9.59 Å². The highest BCUT2D eigenvalue weighted by molar-refractivity contribution is 5.88. The van der Waals surface area contributed by atoms with Gasteiger partial charge in [0.05, 0.1) is 11.8 Å². The Hall–Kier alpha value is -2.69. The number of piperazine rings is 1. The third kappa shape index (κ3) is 4.35. The molecular weight excluding hydrogens is 338 g/mol. The Morgan fingerprint density at radius 1 is 0.963 bits per heavy atom. The number of carbonyl (C=O) groups is 2. The number of carbonyl (C=O) groups excluding carboxylic acids is 2. The van der Waals surface area contributed by atoms with E-state index < -0.39 is 5.41 Å². The van der Waals surface area contributed by atoms with Gasteiger partial charge in [-0.25, -0.2) is 0 Å². The van der Waals surface area contributed by atoms with Gasteiger partial charge < -0.3 is 9.80 Å². The van der Waals surface area contributed by atoms with E-state index in [-0.39, 0.29) is 11.8 Å². The molecule has 27 heavy (non-hydrogen) atoms. The lowest BCUT2D eigenvalue weighted by Gasteiger charge is -2.38. The van der Waals surface area contributed by atoms with Crippen LogP contribution in [0.5, 0.6) is 0 Å². The molecule has 5 nitrogen and oxygen atoms in total. The van der Waals surface area contributed by atoms with Crippen LogP contribution in [-0.4, -0.2) is 52.8 Å². The number of nitrogens with zero attached hydrogens (tertiary/aromatic N) is 3. The molecule has 3 rings (SSSR count). The first-order valence-corrected chi connectivity index (χ1v) is 9.42. The second kappa shape index (κ2) is 7.91. The van der Waals surface area contributed by atoms with Gasteiger partial charge in [-0.1, -0.05) is 35.9 Å². The third-order valence-corrected chi connectivity index (χ3v) is 5.29. The Labute approximate surface area is 161 Å². The highest BCUT2D eigenvalue weighted by Gasteiger charge is 2.35. The van der Waals surface area contributed by atoms with E-state index in [1.165, 1.54) is 5.56 Å². The quantitative estimate of drug-likeness (QED) is 0.837. The lowest BCUT2D eigenvalue weighted by atomic mass is 9.82. The summed E-state index contributed by atoms with van der Waals surface area (Å²) in [5.41, 5.74) is 2.41. The zero-order chi connectivity index (χ0) is 19.4. The number of hydrogen-bond donors (Lipinski definition) is 0. The monoisotopic (exact) mass is 365 g/mol. The van der Waals surface area contributed by atoms with Gasteiger partial charge in [-0.05, 0) is 38.5 Å². The summed E-state index contributed by atoms with van der Waals surface area (Å²) in [5.74, 6) is 0.182. The van der Waals surface area contributed by atoms with Crippen molar-refractivity contribution in [2.24, 2.45) is 0 Å². The maximum Gasteiger partial charge on any atom is 0.232 e. The molecule has 142 valence electrons. The zero-order valence-corrected chi connectivity index (χ0v) is 16.3. The van der Waals surface area contributed by atoms with Crippen molar-refractivity contribution in [1.82, 2.24) is 14.8 Å². The van der Waals surface area contributed by atoms with Crippen LogP contribution in [-0.2, 0) is 21.4 Å². The predicted molar refractivity (Wildman–Crippen MR) is 105 cm³/mol. The zero-order valence-electron chi connectivity index (χ0n) is 16.3. The van der Waals surface area contributed by atoms with Crippen molar-refractivity contribution < 1.29 is 9.59 Å². The molecule has 0 saturated carbocycles. The third-order valence-electron chi connectivity index (χ3n) is 5.29. The molecule has 0 unspecified atom stereocenters. The first kappa shape index (κ1) is 19.1. The van der Waals surface area contributed by atoms with Crippen molar-refractivity contribution in [3.63, 3.8) is 0 Å². The molecule has 0 aliphatic carbocycles. The van der Waals surface area contributed by atoms with Crippen LogP contribution in [0.1, 0.15) is 30.7 Å². The van der Waals surface area contributed by atoms with Crippen LogP contribution in [0.3, 0.4) is 0 Å². The van der Waals surface area contributed by atoms with Crippen molar-refractivity contribution in [1.29, 1.82) is 0 Å². The molecule has 1 aromatic heterocycles.